The molecule has 1 amide bonds. The minimum Gasteiger partial charge on any atom is -0.497 e. The first-order valence-electron chi connectivity index (χ1n) is 5.16. The van der Waals surface area contributed by atoms with E-state index in [1.807, 2.05) is 24.3 Å². The van der Waals surface area contributed by atoms with Crippen molar-refractivity contribution < 1.29 is 14.6 Å². The van der Waals surface area contributed by atoms with Gasteiger partial charge in [0.2, 0.25) is 5.91 Å². The lowest BCUT2D eigenvalue weighted by atomic mass is 10.1. The molecule has 0 bridgehead atoms. The summed E-state index contributed by atoms with van der Waals surface area (Å²) in [7, 11) is 1.61. The molecule has 1 rings (SSSR count). The fourth-order valence-corrected chi connectivity index (χ4v) is 1.53. The molecule has 16 heavy (non-hydrogen) atoms. The van der Waals surface area contributed by atoms with Gasteiger partial charge >= 0.3 is 0 Å². The largest absolute Gasteiger partial charge is 0.497 e. The minimum absolute atomic E-state index is 0.0726. The van der Waals surface area contributed by atoms with E-state index in [2.05, 4.69) is 5.32 Å². The van der Waals surface area contributed by atoms with Crippen LogP contribution in [0, 0.1) is 0 Å². The van der Waals surface area contributed by atoms with E-state index in [-0.39, 0.29) is 18.6 Å². The fraction of sp³-hybridized carbons (Fsp3) is 0.417. The predicted octanol–water partition coefficient (Wildman–Crippen LogP) is 0.735. The average molecular weight is 223 g/mol. The topological polar surface area (TPSA) is 58.6 Å². The Bertz CT molecular complexity index is 352. The summed E-state index contributed by atoms with van der Waals surface area (Å²) in [4.78, 5) is 10.9. The van der Waals surface area contributed by atoms with Crippen molar-refractivity contribution in [3.8, 4) is 5.75 Å². The zero-order chi connectivity index (χ0) is 12.0. The molecule has 2 N–H and O–H groups in total. The van der Waals surface area contributed by atoms with Gasteiger partial charge in [-0.1, -0.05) is 12.1 Å². The molecule has 0 aliphatic heterocycles. The highest BCUT2D eigenvalue weighted by molar-refractivity contribution is 5.73. The van der Waals surface area contributed by atoms with Crippen molar-refractivity contribution in [2.75, 3.05) is 13.7 Å². The van der Waals surface area contributed by atoms with Gasteiger partial charge < -0.3 is 15.2 Å². The van der Waals surface area contributed by atoms with Crippen LogP contribution in [-0.4, -0.2) is 30.8 Å². The van der Waals surface area contributed by atoms with Crippen LogP contribution >= 0.6 is 0 Å². The van der Waals surface area contributed by atoms with Gasteiger partial charge in [-0.2, -0.15) is 0 Å². The molecule has 0 aliphatic rings. The molecule has 0 saturated carbocycles. The Morgan fingerprint density at radius 3 is 2.88 bits per heavy atom. The number of rotatable bonds is 5. The van der Waals surface area contributed by atoms with Crippen molar-refractivity contribution in [2.24, 2.45) is 0 Å². The van der Waals surface area contributed by atoms with Crippen LogP contribution in [0.5, 0.6) is 5.75 Å². The Balaban J connectivity index is 2.65. The van der Waals surface area contributed by atoms with E-state index in [1.165, 1.54) is 6.92 Å². The van der Waals surface area contributed by atoms with Gasteiger partial charge in [0.05, 0.1) is 19.8 Å². The van der Waals surface area contributed by atoms with E-state index in [9.17, 15) is 4.79 Å². The SMILES string of the molecule is COc1cccc(CC(CO)NC(C)=O)c1. The van der Waals surface area contributed by atoms with Crippen LogP contribution in [0.25, 0.3) is 0 Å². The van der Waals surface area contributed by atoms with Gasteiger partial charge in [0.25, 0.3) is 0 Å². The number of hydrogen-bond donors (Lipinski definition) is 2. The molecule has 0 radical (unpaired) electrons. The Hall–Kier alpha value is -1.55. The number of carbonyl (C=O) groups excluding carboxylic acids is 1. The maximum absolute atomic E-state index is 10.9. The Kier molecular flexibility index (Phi) is 4.79. The second kappa shape index (κ2) is 6.12. The third-order valence-electron chi connectivity index (χ3n) is 2.24. The van der Waals surface area contributed by atoms with Crippen LogP contribution in [0.3, 0.4) is 0 Å². The lowest BCUT2D eigenvalue weighted by Gasteiger charge is -2.15. The quantitative estimate of drug-likeness (QED) is 0.774. The Morgan fingerprint density at radius 1 is 1.56 bits per heavy atom. The molecule has 1 unspecified atom stereocenters. The average Bonchev–Trinajstić information content (AvgIpc) is 2.28. The van der Waals surface area contributed by atoms with Crippen LogP contribution in [-0.2, 0) is 11.2 Å². The highest BCUT2D eigenvalue weighted by Gasteiger charge is 2.09. The monoisotopic (exact) mass is 223 g/mol. The molecule has 1 aromatic rings. The van der Waals surface area contributed by atoms with Crippen molar-refractivity contribution in [1.29, 1.82) is 0 Å². The molecular formula is C12H17NO3. The van der Waals surface area contributed by atoms with E-state index in [4.69, 9.17) is 9.84 Å². The molecule has 0 aromatic heterocycles. The first-order valence-corrected chi connectivity index (χ1v) is 5.16. The smallest absolute Gasteiger partial charge is 0.217 e. The van der Waals surface area contributed by atoms with Crippen LogP contribution in [0.1, 0.15) is 12.5 Å². The molecule has 1 aromatic carbocycles. The summed E-state index contributed by atoms with van der Waals surface area (Å²) in [5, 5.41) is 11.8. The van der Waals surface area contributed by atoms with Crippen molar-refractivity contribution >= 4 is 5.91 Å². The molecule has 0 fully saturated rings. The summed E-state index contributed by atoms with van der Waals surface area (Å²) in [6.07, 6.45) is 0.591. The van der Waals surface area contributed by atoms with Gasteiger partial charge in [0, 0.05) is 6.92 Å². The van der Waals surface area contributed by atoms with Gasteiger partial charge in [0.1, 0.15) is 5.75 Å². The highest BCUT2D eigenvalue weighted by Crippen LogP contribution is 2.13. The molecule has 0 heterocycles. The number of benzene rings is 1. The zero-order valence-electron chi connectivity index (χ0n) is 9.56. The number of carbonyl (C=O) groups is 1. The van der Waals surface area contributed by atoms with Crippen molar-refractivity contribution in [1.82, 2.24) is 5.32 Å². The van der Waals surface area contributed by atoms with Gasteiger partial charge in [0.15, 0.2) is 0 Å². The van der Waals surface area contributed by atoms with E-state index in [0.29, 0.717) is 6.42 Å². The number of aliphatic hydroxyl groups excluding tert-OH is 1. The van der Waals surface area contributed by atoms with E-state index in [1.54, 1.807) is 7.11 Å². The highest BCUT2D eigenvalue weighted by atomic mass is 16.5. The number of nitrogens with one attached hydrogen (secondary N) is 1. The van der Waals surface area contributed by atoms with Crippen molar-refractivity contribution in [2.45, 2.75) is 19.4 Å². The molecule has 0 saturated heterocycles. The first-order chi connectivity index (χ1) is 7.65. The van der Waals surface area contributed by atoms with Crippen LogP contribution in [0.15, 0.2) is 24.3 Å². The maximum atomic E-state index is 10.9. The Morgan fingerprint density at radius 2 is 2.31 bits per heavy atom. The van der Waals surface area contributed by atoms with Gasteiger partial charge in [-0.3, -0.25) is 4.79 Å². The third-order valence-corrected chi connectivity index (χ3v) is 2.24. The number of amides is 1. The maximum Gasteiger partial charge on any atom is 0.217 e. The van der Waals surface area contributed by atoms with Crippen LogP contribution in [0.4, 0.5) is 0 Å². The standard InChI is InChI=1S/C12H17NO3/c1-9(15)13-11(8-14)6-10-4-3-5-12(7-10)16-2/h3-5,7,11,14H,6,8H2,1-2H3,(H,13,15). The number of aliphatic hydroxyl groups is 1. The van der Waals surface area contributed by atoms with Crippen LogP contribution < -0.4 is 10.1 Å². The number of hydrogen-bond acceptors (Lipinski definition) is 3. The van der Waals surface area contributed by atoms with Crippen molar-refractivity contribution in [3.63, 3.8) is 0 Å². The molecular weight excluding hydrogens is 206 g/mol. The molecule has 4 heteroatoms. The van der Waals surface area contributed by atoms with Crippen molar-refractivity contribution in [3.05, 3.63) is 29.8 Å². The zero-order valence-corrected chi connectivity index (χ0v) is 9.56. The lowest BCUT2D eigenvalue weighted by Crippen LogP contribution is -2.37. The summed E-state index contributed by atoms with van der Waals surface area (Å²) in [6, 6.07) is 7.33. The Labute approximate surface area is 95.2 Å². The number of ether oxygens (including phenoxy) is 1. The summed E-state index contributed by atoms with van der Waals surface area (Å²) in [6.45, 7) is 1.37. The van der Waals surface area contributed by atoms with Crippen LogP contribution in [0.2, 0.25) is 0 Å². The van der Waals surface area contributed by atoms with E-state index >= 15 is 0 Å². The summed E-state index contributed by atoms with van der Waals surface area (Å²) in [5.74, 6) is 0.638. The molecule has 0 aliphatic carbocycles. The van der Waals surface area contributed by atoms with Gasteiger partial charge in [-0.25, -0.2) is 0 Å². The molecule has 88 valence electrons. The first kappa shape index (κ1) is 12.5. The second-order valence-electron chi connectivity index (χ2n) is 3.64. The predicted molar refractivity (Wildman–Crippen MR) is 61.4 cm³/mol. The normalized spacial score (nSPS) is 11.9. The summed E-state index contributed by atoms with van der Waals surface area (Å²) in [5.41, 5.74) is 1.02. The lowest BCUT2D eigenvalue weighted by molar-refractivity contribution is -0.119. The minimum atomic E-state index is -0.246. The summed E-state index contributed by atoms with van der Waals surface area (Å²) < 4.78 is 5.10. The fourth-order valence-electron chi connectivity index (χ4n) is 1.53. The van der Waals surface area contributed by atoms with E-state index in [0.717, 1.165) is 11.3 Å². The van der Waals surface area contributed by atoms with Gasteiger partial charge in [-0.15, -0.1) is 0 Å². The molecule has 4 nitrogen and oxygen atoms in total. The summed E-state index contributed by atoms with van der Waals surface area (Å²) >= 11 is 0. The molecule has 1 atom stereocenters. The van der Waals surface area contributed by atoms with E-state index < -0.39 is 0 Å². The third kappa shape index (κ3) is 3.90. The second-order valence-corrected chi connectivity index (χ2v) is 3.64. The molecule has 0 spiro atoms. The number of methoxy groups -OCH3 is 1. The van der Waals surface area contributed by atoms with Gasteiger partial charge in [-0.05, 0) is 24.1 Å².